The summed E-state index contributed by atoms with van der Waals surface area (Å²) in [4.78, 5) is 2.49. The van der Waals surface area contributed by atoms with Gasteiger partial charge in [0.05, 0.1) is 8.07 Å². The molecule has 0 aliphatic heterocycles. The van der Waals surface area contributed by atoms with E-state index in [1.165, 1.54) is 32.1 Å². The number of hydrogen-bond donors (Lipinski definition) is 0. The third kappa shape index (κ3) is 6.05. The second-order valence-corrected chi connectivity index (χ2v) is 9.21. The Morgan fingerprint density at radius 3 is 2.15 bits per heavy atom. The molecule has 0 atom stereocenters. The van der Waals surface area contributed by atoms with E-state index >= 15 is 0 Å². The van der Waals surface area contributed by atoms with Gasteiger partial charge in [0.15, 0.2) is 0 Å². The Morgan fingerprint density at radius 2 is 1.77 bits per heavy atom. The number of rotatable bonds is 7. The van der Waals surface area contributed by atoms with E-state index in [4.69, 9.17) is 0 Å². The molecule has 0 saturated heterocycles. The van der Waals surface area contributed by atoms with Crippen molar-refractivity contribution in [1.82, 2.24) is 4.90 Å². The fourth-order valence-corrected chi connectivity index (χ4v) is 2.67. The highest BCUT2D eigenvalue weighted by Gasteiger charge is 2.15. The van der Waals surface area contributed by atoms with E-state index in [-0.39, 0.29) is 0 Å². The summed E-state index contributed by atoms with van der Waals surface area (Å²) < 4.78 is 0. The molecule has 1 nitrogen and oxygen atoms in total. The van der Waals surface area contributed by atoms with Crippen LogP contribution >= 0.6 is 0 Å². The smallest absolute Gasteiger partial charge is 0.0710 e. The van der Waals surface area contributed by atoms with Crippen molar-refractivity contribution in [2.45, 2.75) is 39.4 Å². The minimum Gasteiger partial charge on any atom is -0.304 e. The van der Waals surface area contributed by atoms with Crippen LogP contribution in [0.1, 0.15) is 20.3 Å². The first-order valence-electron chi connectivity index (χ1n) is 5.41. The molecular formula is C11H25NSi. The molecule has 0 aromatic carbocycles. The summed E-state index contributed by atoms with van der Waals surface area (Å²) in [6, 6.07) is 1.38. The van der Waals surface area contributed by atoms with Crippen LogP contribution in [0.2, 0.25) is 19.1 Å². The van der Waals surface area contributed by atoms with Crippen molar-refractivity contribution in [2.24, 2.45) is 0 Å². The molecule has 13 heavy (non-hydrogen) atoms. The van der Waals surface area contributed by atoms with Crippen LogP contribution < -0.4 is 0 Å². The van der Waals surface area contributed by atoms with Crippen molar-refractivity contribution in [1.29, 1.82) is 0 Å². The standard InChI is InChI=1S/C11H25NSi/c1-6-12(7-2)10-9-11-13(4,5)8-3/h8H,3,6-7,9-11H2,1-2,4-5H3. The first-order chi connectivity index (χ1) is 6.05. The molecule has 0 aliphatic rings. The first kappa shape index (κ1) is 12.9. The molecular weight excluding hydrogens is 174 g/mol. The maximum absolute atomic E-state index is 3.92. The quantitative estimate of drug-likeness (QED) is 0.569. The van der Waals surface area contributed by atoms with Crippen LogP contribution in [0.5, 0.6) is 0 Å². The SMILES string of the molecule is C=C[Si](C)(C)CCCN(CC)CC. The highest BCUT2D eigenvalue weighted by Crippen LogP contribution is 2.12. The van der Waals surface area contributed by atoms with Crippen molar-refractivity contribution in [3.05, 3.63) is 12.3 Å². The van der Waals surface area contributed by atoms with Crippen molar-refractivity contribution < 1.29 is 0 Å². The molecule has 0 fully saturated rings. The van der Waals surface area contributed by atoms with Crippen LogP contribution in [0.3, 0.4) is 0 Å². The van der Waals surface area contributed by atoms with E-state index < -0.39 is 8.07 Å². The van der Waals surface area contributed by atoms with Gasteiger partial charge in [-0.2, -0.15) is 0 Å². The molecule has 0 aromatic heterocycles. The molecule has 0 rings (SSSR count). The third-order valence-electron chi connectivity index (χ3n) is 2.74. The molecule has 0 bridgehead atoms. The molecule has 0 saturated carbocycles. The maximum atomic E-state index is 3.92. The van der Waals surface area contributed by atoms with Gasteiger partial charge in [-0.1, -0.05) is 33.0 Å². The van der Waals surface area contributed by atoms with E-state index in [0.29, 0.717) is 0 Å². The van der Waals surface area contributed by atoms with E-state index in [9.17, 15) is 0 Å². The zero-order valence-electron chi connectivity index (χ0n) is 9.77. The Labute approximate surface area is 84.8 Å². The van der Waals surface area contributed by atoms with Crippen LogP contribution in [-0.4, -0.2) is 32.6 Å². The third-order valence-corrected chi connectivity index (χ3v) is 5.49. The Balaban J connectivity index is 3.60. The summed E-state index contributed by atoms with van der Waals surface area (Å²) in [5.74, 6) is 0. The van der Waals surface area contributed by atoms with Gasteiger partial charge in [-0.05, 0) is 26.1 Å². The lowest BCUT2D eigenvalue weighted by atomic mass is 10.4. The Bertz CT molecular complexity index is 139. The number of nitrogens with zero attached hydrogens (tertiary/aromatic N) is 1. The van der Waals surface area contributed by atoms with Gasteiger partial charge in [-0.25, -0.2) is 0 Å². The highest BCUT2D eigenvalue weighted by molar-refractivity contribution is 6.82. The van der Waals surface area contributed by atoms with Crippen molar-refractivity contribution in [2.75, 3.05) is 19.6 Å². The monoisotopic (exact) mass is 199 g/mol. The van der Waals surface area contributed by atoms with Gasteiger partial charge in [-0.15, -0.1) is 12.3 Å². The molecule has 2 heteroatoms. The second kappa shape index (κ2) is 6.38. The second-order valence-electron chi connectivity index (χ2n) is 4.32. The lowest BCUT2D eigenvalue weighted by Gasteiger charge is -2.21. The van der Waals surface area contributed by atoms with Crippen molar-refractivity contribution in [3.63, 3.8) is 0 Å². The Hall–Kier alpha value is -0.0831. The highest BCUT2D eigenvalue weighted by atomic mass is 28.3. The summed E-state index contributed by atoms with van der Waals surface area (Å²) in [5.41, 5.74) is 2.20. The topological polar surface area (TPSA) is 3.24 Å². The van der Waals surface area contributed by atoms with Gasteiger partial charge >= 0.3 is 0 Å². The summed E-state index contributed by atoms with van der Waals surface area (Å²) in [6.07, 6.45) is 1.34. The van der Waals surface area contributed by atoms with E-state index in [2.05, 4.69) is 44.1 Å². The van der Waals surface area contributed by atoms with Crippen LogP contribution in [0.15, 0.2) is 12.3 Å². The summed E-state index contributed by atoms with van der Waals surface area (Å²) in [7, 11) is -1.03. The van der Waals surface area contributed by atoms with Gasteiger partial charge in [0.2, 0.25) is 0 Å². The van der Waals surface area contributed by atoms with Gasteiger partial charge in [0, 0.05) is 0 Å². The zero-order chi connectivity index (χ0) is 10.3. The van der Waals surface area contributed by atoms with E-state index in [1.807, 2.05) is 0 Å². The van der Waals surface area contributed by atoms with E-state index in [1.54, 1.807) is 0 Å². The Morgan fingerprint density at radius 1 is 1.23 bits per heavy atom. The van der Waals surface area contributed by atoms with Crippen molar-refractivity contribution >= 4 is 8.07 Å². The molecule has 0 spiro atoms. The summed E-state index contributed by atoms with van der Waals surface area (Å²) in [5, 5.41) is 0. The van der Waals surface area contributed by atoms with Crippen molar-refractivity contribution in [3.8, 4) is 0 Å². The maximum Gasteiger partial charge on any atom is 0.0710 e. The van der Waals surface area contributed by atoms with Crippen LogP contribution in [0, 0.1) is 0 Å². The summed E-state index contributed by atoms with van der Waals surface area (Å²) in [6.45, 7) is 16.8. The molecule has 0 aromatic rings. The Kier molecular flexibility index (Phi) is 6.34. The largest absolute Gasteiger partial charge is 0.304 e. The molecule has 0 radical (unpaired) electrons. The number of hydrogen-bond acceptors (Lipinski definition) is 1. The van der Waals surface area contributed by atoms with E-state index in [0.717, 1.165) is 0 Å². The first-order valence-corrected chi connectivity index (χ1v) is 8.70. The predicted octanol–water partition coefficient (Wildman–Crippen LogP) is 3.15. The fourth-order valence-electron chi connectivity index (χ4n) is 1.40. The van der Waals surface area contributed by atoms with Gasteiger partial charge in [0.1, 0.15) is 0 Å². The minimum absolute atomic E-state index is 1.03. The lowest BCUT2D eigenvalue weighted by molar-refractivity contribution is 0.304. The molecule has 78 valence electrons. The fraction of sp³-hybridized carbons (Fsp3) is 0.818. The van der Waals surface area contributed by atoms with Gasteiger partial charge < -0.3 is 4.90 Å². The predicted molar refractivity (Wildman–Crippen MR) is 64.9 cm³/mol. The molecule has 0 N–H and O–H groups in total. The zero-order valence-corrected chi connectivity index (χ0v) is 10.8. The minimum atomic E-state index is -1.03. The molecule has 0 heterocycles. The average molecular weight is 199 g/mol. The molecule has 0 amide bonds. The van der Waals surface area contributed by atoms with Crippen LogP contribution in [-0.2, 0) is 0 Å². The normalized spacial score (nSPS) is 12.1. The van der Waals surface area contributed by atoms with Gasteiger partial charge in [-0.3, -0.25) is 0 Å². The van der Waals surface area contributed by atoms with Gasteiger partial charge in [0.25, 0.3) is 0 Å². The van der Waals surface area contributed by atoms with Crippen LogP contribution in [0.4, 0.5) is 0 Å². The summed E-state index contributed by atoms with van der Waals surface area (Å²) >= 11 is 0. The molecule has 0 aliphatic carbocycles. The average Bonchev–Trinajstić information content (AvgIpc) is 2.12. The lowest BCUT2D eigenvalue weighted by Crippen LogP contribution is -2.27. The van der Waals surface area contributed by atoms with Crippen LogP contribution in [0.25, 0.3) is 0 Å². The molecule has 0 unspecified atom stereocenters.